The van der Waals surface area contributed by atoms with Gasteiger partial charge in [0.15, 0.2) is 9.84 Å². The molecule has 0 atom stereocenters. The first-order valence-electron chi connectivity index (χ1n) is 7.16. The third kappa shape index (κ3) is 6.17. The number of sulfone groups is 1. The van der Waals surface area contributed by atoms with Crippen LogP contribution >= 0.6 is 0 Å². The fourth-order valence-electron chi connectivity index (χ4n) is 2.26. The normalized spacial score (nSPS) is 11.4. The number of carboxylic acids is 1. The summed E-state index contributed by atoms with van der Waals surface area (Å²) in [7, 11) is -1.87. The number of benzene rings is 1. The number of aliphatic carboxylic acids is 1. The van der Waals surface area contributed by atoms with E-state index in [2.05, 4.69) is 5.32 Å². The quantitative estimate of drug-likeness (QED) is 0.604. The molecule has 0 aliphatic heterocycles. The first-order chi connectivity index (χ1) is 10.8. The maximum atomic E-state index is 12.5. The van der Waals surface area contributed by atoms with E-state index in [0.717, 1.165) is 0 Å². The average molecular weight is 345 g/mol. The zero-order valence-electron chi connectivity index (χ0n) is 13.6. The molecule has 130 valence electrons. The molecule has 0 bridgehead atoms. The standard InChI is InChI=1S/C15H23NO6S/c1-11-8-13(21-3)9-12(2)15(11)23(19,20)7-5-16-4-6-22-10-14(17)18/h8-9,16H,4-7,10H2,1-3H3,(H,17,18). The molecule has 0 aliphatic carbocycles. The van der Waals surface area contributed by atoms with Crippen LogP contribution < -0.4 is 10.1 Å². The molecule has 0 spiro atoms. The minimum Gasteiger partial charge on any atom is -0.497 e. The van der Waals surface area contributed by atoms with Gasteiger partial charge in [-0.3, -0.25) is 0 Å². The van der Waals surface area contributed by atoms with E-state index >= 15 is 0 Å². The number of carbonyl (C=O) groups is 1. The van der Waals surface area contributed by atoms with Crippen molar-refractivity contribution >= 4 is 15.8 Å². The number of hydrogen-bond acceptors (Lipinski definition) is 6. The highest BCUT2D eigenvalue weighted by Gasteiger charge is 2.20. The van der Waals surface area contributed by atoms with Crippen molar-refractivity contribution in [3.8, 4) is 5.75 Å². The molecular formula is C15H23NO6S. The maximum Gasteiger partial charge on any atom is 0.329 e. The van der Waals surface area contributed by atoms with Crippen LogP contribution in [0.4, 0.5) is 0 Å². The monoisotopic (exact) mass is 345 g/mol. The lowest BCUT2D eigenvalue weighted by molar-refractivity contribution is -0.142. The fraction of sp³-hybridized carbons (Fsp3) is 0.533. The summed E-state index contributed by atoms with van der Waals surface area (Å²) in [5.74, 6) is -0.439. The van der Waals surface area contributed by atoms with E-state index in [4.69, 9.17) is 14.6 Å². The zero-order valence-corrected chi connectivity index (χ0v) is 14.4. The summed E-state index contributed by atoms with van der Waals surface area (Å²) in [5, 5.41) is 11.3. The molecule has 7 nitrogen and oxygen atoms in total. The van der Waals surface area contributed by atoms with E-state index in [1.807, 2.05) is 0 Å². The summed E-state index contributed by atoms with van der Waals surface area (Å²) in [6.45, 7) is 4.01. The van der Waals surface area contributed by atoms with Crippen molar-refractivity contribution < 1.29 is 27.8 Å². The van der Waals surface area contributed by atoms with E-state index < -0.39 is 15.8 Å². The van der Waals surface area contributed by atoms with Gasteiger partial charge in [0.2, 0.25) is 0 Å². The molecule has 0 fully saturated rings. The maximum absolute atomic E-state index is 12.5. The van der Waals surface area contributed by atoms with Gasteiger partial charge in [-0.25, -0.2) is 13.2 Å². The van der Waals surface area contributed by atoms with E-state index in [-0.39, 0.29) is 25.5 Å². The lowest BCUT2D eigenvalue weighted by Gasteiger charge is -2.13. The Morgan fingerprint density at radius 3 is 2.35 bits per heavy atom. The highest BCUT2D eigenvalue weighted by atomic mass is 32.2. The van der Waals surface area contributed by atoms with Crippen LogP contribution in [0.25, 0.3) is 0 Å². The molecule has 0 saturated heterocycles. The van der Waals surface area contributed by atoms with Crippen molar-refractivity contribution in [3.63, 3.8) is 0 Å². The molecule has 0 heterocycles. The van der Waals surface area contributed by atoms with E-state index in [9.17, 15) is 13.2 Å². The summed E-state index contributed by atoms with van der Waals surface area (Å²) in [6.07, 6.45) is 0. The lowest BCUT2D eigenvalue weighted by atomic mass is 10.1. The van der Waals surface area contributed by atoms with Crippen molar-refractivity contribution in [3.05, 3.63) is 23.3 Å². The van der Waals surface area contributed by atoms with Gasteiger partial charge >= 0.3 is 5.97 Å². The summed E-state index contributed by atoms with van der Waals surface area (Å²) >= 11 is 0. The van der Waals surface area contributed by atoms with Gasteiger partial charge in [-0.2, -0.15) is 0 Å². The van der Waals surface area contributed by atoms with Gasteiger partial charge in [-0.05, 0) is 37.1 Å². The van der Waals surface area contributed by atoms with Crippen LogP contribution in [0.5, 0.6) is 5.75 Å². The Balaban J connectivity index is 2.55. The van der Waals surface area contributed by atoms with Gasteiger partial charge < -0.3 is 19.9 Å². The largest absolute Gasteiger partial charge is 0.497 e. The lowest BCUT2D eigenvalue weighted by Crippen LogP contribution is -2.27. The first kappa shape index (κ1) is 19.4. The number of rotatable bonds is 10. The van der Waals surface area contributed by atoms with Crippen LogP contribution in [0.15, 0.2) is 17.0 Å². The number of ether oxygens (including phenoxy) is 2. The van der Waals surface area contributed by atoms with E-state index in [0.29, 0.717) is 28.3 Å². The molecule has 0 radical (unpaired) electrons. The molecule has 23 heavy (non-hydrogen) atoms. The number of aryl methyl sites for hydroxylation is 2. The topological polar surface area (TPSA) is 102 Å². The van der Waals surface area contributed by atoms with Crippen LogP contribution in [-0.2, 0) is 19.4 Å². The molecule has 1 rings (SSSR count). The van der Waals surface area contributed by atoms with Crippen LogP contribution in [0, 0.1) is 13.8 Å². The number of hydrogen-bond donors (Lipinski definition) is 2. The third-order valence-corrected chi connectivity index (χ3v) is 5.18. The second kappa shape index (κ2) is 8.85. The van der Waals surface area contributed by atoms with Crippen molar-refractivity contribution in [2.75, 3.05) is 39.2 Å². The highest BCUT2D eigenvalue weighted by Crippen LogP contribution is 2.26. The summed E-state index contributed by atoms with van der Waals surface area (Å²) < 4.78 is 34.9. The van der Waals surface area contributed by atoms with Crippen LogP contribution in [-0.4, -0.2) is 58.7 Å². The summed E-state index contributed by atoms with van der Waals surface area (Å²) in [4.78, 5) is 10.6. The van der Waals surface area contributed by atoms with Crippen LogP contribution in [0.2, 0.25) is 0 Å². The Hall–Kier alpha value is -1.64. The third-order valence-electron chi connectivity index (χ3n) is 3.18. The Morgan fingerprint density at radius 1 is 1.22 bits per heavy atom. The molecule has 2 N–H and O–H groups in total. The molecule has 0 amide bonds. The molecule has 1 aromatic carbocycles. The molecule has 0 aliphatic rings. The molecule has 8 heteroatoms. The predicted molar refractivity (Wildman–Crippen MR) is 85.8 cm³/mol. The second-order valence-electron chi connectivity index (χ2n) is 5.11. The number of methoxy groups -OCH3 is 1. The highest BCUT2D eigenvalue weighted by molar-refractivity contribution is 7.91. The van der Waals surface area contributed by atoms with Gasteiger partial charge in [0.1, 0.15) is 12.4 Å². The summed E-state index contributed by atoms with van der Waals surface area (Å²) in [6, 6.07) is 3.40. The number of carboxylic acid groups (broad SMARTS) is 1. The Morgan fingerprint density at radius 2 is 1.83 bits per heavy atom. The van der Waals surface area contributed by atoms with E-state index in [1.165, 1.54) is 0 Å². The van der Waals surface area contributed by atoms with Gasteiger partial charge in [-0.1, -0.05) is 0 Å². The Bertz CT molecular complexity index is 618. The van der Waals surface area contributed by atoms with Gasteiger partial charge in [-0.15, -0.1) is 0 Å². The minimum atomic E-state index is -3.41. The van der Waals surface area contributed by atoms with E-state index in [1.54, 1.807) is 33.1 Å². The molecule has 0 aromatic heterocycles. The summed E-state index contributed by atoms with van der Waals surface area (Å²) in [5.41, 5.74) is 1.32. The minimum absolute atomic E-state index is 0.0417. The van der Waals surface area contributed by atoms with Crippen molar-refractivity contribution in [1.82, 2.24) is 5.32 Å². The van der Waals surface area contributed by atoms with Crippen LogP contribution in [0.1, 0.15) is 11.1 Å². The zero-order chi connectivity index (χ0) is 17.5. The number of nitrogens with one attached hydrogen (secondary N) is 1. The first-order valence-corrected chi connectivity index (χ1v) is 8.81. The molecular weight excluding hydrogens is 322 g/mol. The molecule has 1 aromatic rings. The van der Waals surface area contributed by atoms with Gasteiger partial charge in [0.05, 0.1) is 24.4 Å². The van der Waals surface area contributed by atoms with Crippen LogP contribution in [0.3, 0.4) is 0 Å². The second-order valence-corrected chi connectivity index (χ2v) is 7.15. The Kier molecular flexibility index (Phi) is 7.47. The molecule has 0 unspecified atom stereocenters. The molecule has 0 saturated carbocycles. The van der Waals surface area contributed by atoms with Gasteiger partial charge in [0, 0.05) is 13.1 Å². The Labute approximate surface area is 136 Å². The SMILES string of the molecule is COc1cc(C)c(S(=O)(=O)CCNCCOCC(=O)O)c(C)c1. The van der Waals surface area contributed by atoms with Gasteiger partial charge in [0.25, 0.3) is 0 Å². The smallest absolute Gasteiger partial charge is 0.329 e. The fourth-order valence-corrected chi connectivity index (χ4v) is 3.97. The predicted octanol–water partition coefficient (Wildman–Crippen LogP) is 0.777. The van der Waals surface area contributed by atoms with Crippen molar-refractivity contribution in [2.45, 2.75) is 18.7 Å². The van der Waals surface area contributed by atoms with Crippen molar-refractivity contribution in [1.29, 1.82) is 0 Å². The average Bonchev–Trinajstić information content (AvgIpc) is 2.44. The van der Waals surface area contributed by atoms with Crippen molar-refractivity contribution in [2.24, 2.45) is 0 Å².